The molecule has 2 aromatic rings. The van der Waals surface area contributed by atoms with Crippen LogP contribution in [-0.2, 0) is 0 Å². The molecule has 0 aliphatic heterocycles. The van der Waals surface area contributed by atoms with Gasteiger partial charge >= 0.3 is 0 Å². The van der Waals surface area contributed by atoms with Crippen molar-refractivity contribution < 1.29 is 9.13 Å². The summed E-state index contributed by atoms with van der Waals surface area (Å²) in [6.45, 7) is 1.91. The molecule has 0 fully saturated rings. The number of halogens is 1. The SMILES string of the molecule is COc1ccc(C(N)c2ncccc2C)c(F)c1. The van der Waals surface area contributed by atoms with E-state index in [4.69, 9.17) is 10.5 Å². The van der Waals surface area contributed by atoms with Crippen LogP contribution in [0.5, 0.6) is 5.75 Å². The van der Waals surface area contributed by atoms with Crippen molar-refractivity contribution in [1.82, 2.24) is 4.98 Å². The number of ether oxygens (including phenoxy) is 1. The summed E-state index contributed by atoms with van der Waals surface area (Å²) in [6.07, 6.45) is 1.66. The van der Waals surface area contributed by atoms with Gasteiger partial charge < -0.3 is 10.5 Å². The predicted octanol–water partition coefficient (Wildman–Crippen LogP) is 2.59. The van der Waals surface area contributed by atoms with Crippen LogP contribution in [-0.4, -0.2) is 12.1 Å². The van der Waals surface area contributed by atoms with Crippen LogP contribution >= 0.6 is 0 Å². The number of benzene rings is 1. The molecule has 4 heteroatoms. The Morgan fingerprint density at radius 1 is 1.33 bits per heavy atom. The molecule has 0 aliphatic carbocycles. The molecule has 0 aliphatic rings. The molecule has 0 saturated heterocycles. The first-order valence-corrected chi connectivity index (χ1v) is 5.64. The van der Waals surface area contributed by atoms with Crippen LogP contribution in [0.25, 0.3) is 0 Å². The highest BCUT2D eigenvalue weighted by Gasteiger charge is 2.16. The first-order valence-electron chi connectivity index (χ1n) is 5.64. The Kier molecular flexibility index (Phi) is 3.58. The Balaban J connectivity index is 2.40. The van der Waals surface area contributed by atoms with E-state index in [0.29, 0.717) is 17.0 Å². The molecule has 18 heavy (non-hydrogen) atoms. The van der Waals surface area contributed by atoms with Gasteiger partial charge in [-0.25, -0.2) is 4.39 Å². The Hall–Kier alpha value is -1.94. The second kappa shape index (κ2) is 5.14. The van der Waals surface area contributed by atoms with Gasteiger partial charge in [-0.05, 0) is 24.6 Å². The molecule has 0 bridgehead atoms. The van der Waals surface area contributed by atoms with Crippen LogP contribution in [0.15, 0.2) is 36.5 Å². The average molecular weight is 246 g/mol. The van der Waals surface area contributed by atoms with E-state index in [0.717, 1.165) is 5.56 Å². The number of aromatic nitrogens is 1. The molecule has 2 rings (SSSR count). The molecule has 0 saturated carbocycles. The first-order chi connectivity index (χ1) is 8.63. The maximum absolute atomic E-state index is 13.9. The van der Waals surface area contributed by atoms with Crippen molar-refractivity contribution in [3.63, 3.8) is 0 Å². The van der Waals surface area contributed by atoms with Gasteiger partial charge in [0.2, 0.25) is 0 Å². The molecule has 1 aromatic heterocycles. The summed E-state index contributed by atoms with van der Waals surface area (Å²) < 4.78 is 18.9. The van der Waals surface area contributed by atoms with Gasteiger partial charge in [-0.1, -0.05) is 12.1 Å². The van der Waals surface area contributed by atoms with E-state index in [2.05, 4.69) is 4.98 Å². The van der Waals surface area contributed by atoms with Crippen molar-refractivity contribution in [2.75, 3.05) is 7.11 Å². The maximum Gasteiger partial charge on any atom is 0.132 e. The zero-order chi connectivity index (χ0) is 13.1. The minimum atomic E-state index is -0.572. The monoisotopic (exact) mass is 246 g/mol. The molecule has 0 amide bonds. The van der Waals surface area contributed by atoms with Crippen LogP contribution in [0, 0.1) is 12.7 Å². The predicted molar refractivity (Wildman–Crippen MR) is 68.0 cm³/mol. The summed E-state index contributed by atoms with van der Waals surface area (Å²) in [6, 6.07) is 7.81. The smallest absolute Gasteiger partial charge is 0.132 e. The van der Waals surface area contributed by atoms with E-state index in [1.54, 1.807) is 18.3 Å². The lowest BCUT2D eigenvalue weighted by Crippen LogP contribution is -2.16. The minimum absolute atomic E-state index is 0.382. The van der Waals surface area contributed by atoms with Gasteiger partial charge in [-0.3, -0.25) is 4.98 Å². The van der Waals surface area contributed by atoms with E-state index in [1.165, 1.54) is 13.2 Å². The zero-order valence-corrected chi connectivity index (χ0v) is 10.4. The Labute approximate surface area is 105 Å². The van der Waals surface area contributed by atoms with Crippen molar-refractivity contribution in [3.8, 4) is 5.75 Å². The molecular weight excluding hydrogens is 231 g/mol. The standard InChI is InChI=1S/C14H15FN2O/c1-9-4-3-7-17-14(9)13(16)11-6-5-10(18-2)8-12(11)15/h3-8,13H,16H2,1-2H3. The normalized spacial score (nSPS) is 12.2. The van der Waals surface area contributed by atoms with Crippen molar-refractivity contribution in [3.05, 3.63) is 59.2 Å². The van der Waals surface area contributed by atoms with Gasteiger partial charge in [-0.15, -0.1) is 0 Å². The molecule has 2 N–H and O–H groups in total. The quantitative estimate of drug-likeness (QED) is 0.905. The van der Waals surface area contributed by atoms with Crippen molar-refractivity contribution in [2.45, 2.75) is 13.0 Å². The van der Waals surface area contributed by atoms with Crippen molar-refractivity contribution in [1.29, 1.82) is 0 Å². The number of hydrogen-bond donors (Lipinski definition) is 1. The highest BCUT2D eigenvalue weighted by Crippen LogP contribution is 2.25. The second-order valence-electron chi connectivity index (χ2n) is 4.07. The fraction of sp³-hybridized carbons (Fsp3) is 0.214. The number of methoxy groups -OCH3 is 1. The summed E-state index contributed by atoms with van der Waals surface area (Å²) in [5.41, 5.74) is 8.11. The molecular formula is C14H15FN2O. The second-order valence-corrected chi connectivity index (χ2v) is 4.07. The van der Waals surface area contributed by atoms with E-state index < -0.39 is 6.04 Å². The summed E-state index contributed by atoms with van der Waals surface area (Å²) in [7, 11) is 1.50. The number of hydrogen-bond acceptors (Lipinski definition) is 3. The third kappa shape index (κ3) is 2.33. The fourth-order valence-electron chi connectivity index (χ4n) is 1.86. The van der Waals surface area contributed by atoms with Crippen LogP contribution in [0.2, 0.25) is 0 Å². The van der Waals surface area contributed by atoms with Crippen molar-refractivity contribution in [2.24, 2.45) is 5.73 Å². The summed E-state index contributed by atoms with van der Waals surface area (Å²) in [4.78, 5) is 4.22. The first kappa shape index (κ1) is 12.5. The molecule has 1 aromatic carbocycles. The Morgan fingerprint density at radius 2 is 2.11 bits per heavy atom. The average Bonchev–Trinajstić information content (AvgIpc) is 2.38. The van der Waals surface area contributed by atoms with Gasteiger partial charge in [0.05, 0.1) is 18.8 Å². The molecule has 0 spiro atoms. The van der Waals surface area contributed by atoms with Gasteiger partial charge in [0.25, 0.3) is 0 Å². The number of nitrogens with two attached hydrogens (primary N) is 1. The number of rotatable bonds is 3. The molecule has 0 radical (unpaired) electrons. The lowest BCUT2D eigenvalue weighted by atomic mass is 10.0. The molecule has 3 nitrogen and oxygen atoms in total. The summed E-state index contributed by atoms with van der Waals surface area (Å²) >= 11 is 0. The fourth-order valence-corrected chi connectivity index (χ4v) is 1.86. The van der Waals surface area contributed by atoms with E-state index in [9.17, 15) is 4.39 Å². The van der Waals surface area contributed by atoms with Crippen molar-refractivity contribution >= 4 is 0 Å². The van der Waals surface area contributed by atoms with Crippen LogP contribution < -0.4 is 10.5 Å². The van der Waals surface area contributed by atoms with E-state index in [1.807, 2.05) is 19.1 Å². The van der Waals surface area contributed by atoms with Gasteiger partial charge in [0.1, 0.15) is 11.6 Å². The number of aryl methyl sites for hydroxylation is 1. The van der Waals surface area contributed by atoms with Gasteiger partial charge in [0.15, 0.2) is 0 Å². The zero-order valence-electron chi connectivity index (χ0n) is 10.4. The Bertz CT molecular complexity index is 557. The molecule has 1 unspecified atom stereocenters. The molecule has 94 valence electrons. The van der Waals surface area contributed by atoms with Crippen LogP contribution in [0.4, 0.5) is 4.39 Å². The van der Waals surface area contributed by atoms with Crippen LogP contribution in [0.1, 0.15) is 22.9 Å². The highest BCUT2D eigenvalue weighted by atomic mass is 19.1. The third-order valence-electron chi connectivity index (χ3n) is 2.89. The summed E-state index contributed by atoms with van der Waals surface area (Å²) in [5.74, 6) is 0.0908. The molecule has 1 atom stereocenters. The molecule has 1 heterocycles. The summed E-state index contributed by atoms with van der Waals surface area (Å²) in [5, 5.41) is 0. The maximum atomic E-state index is 13.9. The Morgan fingerprint density at radius 3 is 2.72 bits per heavy atom. The largest absolute Gasteiger partial charge is 0.497 e. The lowest BCUT2D eigenvalue weighted by Gasteiger charge is -2.15. The number of pyridine rings is 1. The van der Waals surface area contributed by atoms with Crippen LogP contribution in [0.3, 0.4) is 0 Å². The van der Waals surface area contributed by atoms with Gasteiger partial charge in [0, 0.05) is 17.8 Å². The van der Waals surface area contributed by atoms with E-state index >= 15 is 0 Å². The lowest BCUT2D eigenvalue weighted by molar-refractivity contribution is 0.410. The highest BCUT2D eigenvalue weighted by molar-refractivity contribution is 5.36. The third-order valence-corrected chi connectivity index (χ3v) is 2.89. The van der Waals surface area contributed by atoms with E-state index in [-0.39, 0.29) is 5.82 Å². The number of nitrogens with zero attached hydrogens (tertiary/aromatic N) is 1. The minimum Gasteiger partial charge on any atom is -0.497 e. The van der Waals surface area contributed by atoms with Gasteiger partial charge in [-0.2, -0.15) is 0 Å². The topological polar surface area (TPSA) is 48.1 Å².